The normalized spacial score (nSPS) is 11.9. The molecular formula is C37H23N3O. The Hall–Kier alpha value is -5.61. The van der Waals surface area contributed by atoms with Crippen molar-refractivity contribution in [1.82, 2.24) is 14.1 Å². The Morgan fingerprint density at radius 3 is 2.12 bits per heavy atom. The number of furan rings is 1. The van der Waals surface area contributed by atoms with Crippen molar-refractivity contribution in [3.8, 4) is 22.8 Å². The Labute approximate surface area is 235 Å². The third kappa shape index (κ3) is 3.19. The van der Waals surface area contributed by atoms with Crippen LogP contribution in [0.3, 0.4) is 0 Å². The smallest absolute Gasteiger partial charge is 0.145 e. The second-order valence-corrected chi connectivity index (χ2v) is 10.4. The van der Waals surface area contributed by atoms with Gasteiger partial charge in [0, 0.05) is 33.1 Å². The number of nitrogens with zero attached hydrogens (tertiary/aromatic N) is 3. The van der Waals surface area contributed by atoms with Gasteiger partial charge in [-0.15, -0.1) is 0 Å². The molecule has 6 aromatic carbocycles. The van der Waals surface area contributed by atoms with Crippen molar-refractivity contribution in [3.63, 3.8) is 0 Å². The number of rotatable bonds is 3. The molecule has 0 fully saturated rings. The molecule has 0 bridgehead atoms. The van der Waals surface area contributed by atoms with E-state index in [4.69, 9.17) is 9.40 Å². The van der Waals surface area contributed by atoms with Gasteiger partial charge in [0.25, 0.3) is 0 Å². The molecular weight excluding hydrogens is 502 g/mol. The Morgan fingerprint density at radius 1 is 0.488 bits per heavy atom. The van der Waals surface area contributed by atoms with E-state index in [-0.39, 0.29) is 0 Å². The first-order valence-corrected chi connectivity index (χ1v) is 13.8. The Morgan fingerprint density at radius 2 is 1.22 bits per heavy atom. The summed E-state index contributed by atoms with van der Waals surface area (Å²) < 4.78 is 10.9. The summed E-state index contributed by atoms with van der Waals surface area (Å²) in [6.45, 7) is 0. The van der Waals surface area contributed by atoms with Gasteiger partial charge in [-0.1, -0.05) is 78.9 Å². The van der Waals surface area contributed by atoms with Crippen LogP contribution in [0.5, 0.6) is 0 Å². The topological polar surface area (TPSA) is 35.9 Å². The lowest BCUT2D eigenvalue weighted by molar-refractivity contribution is 0.669. The minimum absolute atomic E-state index is 0.893. The SMILES string of the molecule is c1ccc(-n2c(-c3cccc(-n4c5ccccc5c5ccc6oc7ccccc7c6c54)c3)nc3ccccc32)cc1. The van der Waals surface area contributed by atoms with Crippen LogP contribution in [0.15, 0.2) is 144 Å². The molecule has 0 unspecified atom stereocenters. The summed E-state index contributed by atoms with van der Waals surface area (Å²) in [4.78, 5) is 5.13. The van der Waals surface area contributed by atoms with Crippen LogP contribution in [0, 0.1) is 0 Å². The molecule has 0 aliphatic heterocycles. The van der Waals surface area contributed by atoms with Crippen LogP contribution in [0.2, 0.25) is 0 Å². The lowest BCUT2D eigenvalue weighted by Crippen LogP contribution is -1.99. The van der Waals surface area contributed by atoms with Crippen molar-refractivity contribution in [2.24, 2.45) is 0 Å². The highest BCUT2D eigenvalue weighted by atomic mass is 16.3. The molecule has 0 N–H and O–H groups in total. The fraction of sp³-hybridized carbons (Fsp3) is 0. The number of benzene rings is 6. The monoisotopic (exact) mass is 525 g/mol. The number of imidazole rings is 1. The van der Waals surface area contributed by atoms with Gasteiger partial charge in [-0.25, -0.2) is 4.98 Å². The number of fused-ring (bicyclic) bond motifs is 8. The van der Waals surface area contributed by atoms with Crippen molar-refractivity contribution in [2.75, 3.05) is 0 Å². The summed E-state index contributed by atoms with van der Waals surface area (Å²) in [5.74, 6) is 0.916. The molecule has 9 rings (SSSR count). The zero-order chi connectivity index (χ0) is 26.9. The molecule has 0 aliphatic carbocycles. The zero-order valence-corrected chi connectivity index (χ0v) is 22.0. The van der Waals surface area contributed by atoms with E-state index in [1.54, 1.807) is 0 Å². The van der Waals surface area contributed by atoms with Gasteiger partial charge < -0.3 is 8.98 Å². The van der Waals surface area contributed by atoms with Gasteiger partial charge in [0.1, 0.15) is 17.0 Å². The van der Waals surface area contributed by atoms with Gasteiger partial charge in [-0.3, -0.25) is 4.57 Å². The molecule has 0 atom stereocenters. The van der Waals surface area contributed by atoms with E-state index in [0.29, 0.717) is 0 Å². The van der Waals surface area contributed by atoms with Gasteiger partial charge in [0.05, 0.1) is 27.5 Å². The largest absolute Gasteiger partial charge is 0.456 e. The van der Waals surface area contributed by atoms with E-state index in [1.807, 2.05) is 24.3 Å². The number of hydrogen-bond donors (Lipinski definition) is 0. The van der Waals surface area contributed by atoms with Gasteiger partial charge >= 0.3 is 0 Å². The highest BCUT2D eigenvalue weighted by Crippen LogP contribution is 2.41. The fourth-order valence-corrected chi connectivity index (χ4v) is 6.38. The molecule has 3 heterocycles. The van der Waals surface area contributed by atoms with Crippen LogP contribution < -0.4 is 0 Å². The molecule has 0 saturated heterocycles. The quantitative estimate of drug-likeness (QED) is 0.230. The molecule has 0 saturated carbocycles. The highest BCUT2D eigenvalue weighted by Gasteiger charge is 2.20. The molecule has 0 radical (unpaired) electrons. The lowest BCUT2D eigenvalue weighted by atomic mass is 10.1. The maximum absolute atomic E-state index is 6.31. The molecule has 3 aromatic heterocycles. The molecule has 9 aromatic rings. The molecule has 4 nitrogen and oxygen atoms in total. The first-order chi connectivity index (χ1) is 20.3. The maximum atomic E-state index is 6.31. The minimum Gasteiger partial charge on any atom is -0.456 e. The average Bonchev–Trinajstić information content (AvgIpc) is 3.71. The van der Waals surface area contributed by atoms with Crippen LogP contribution in [0.25, 0.3) is 77.5 Å². The van der Waals surface area contributed by atoms with E-state index < -0.39 is 0 Å². The minimum atomic E-state index is 0.893. The van der Waals surface area contributed by atoms with Crippen molar-refractivity contribution < 1.29 is 4.42 Å². The zero-order valence-electron chi connectivity index (χ0n) is 22.0. The van der Waals surface area contributed by atoms with Crippen LogP contribution in [-0.2, 0) is 0 Å². The third-order valence-electron chi connectivity index (χ3n) is 8.11. The first-order valence-electron chi connectivity index (χ1n) is 13.8. The highest BCUT2D eigenvalue weighted by molar-refractivity contribution is 6.24. The lowest BCUT2D eigenvalue weighted by Gasteiger charge is -2.13. The summed E-state index contributed by atoms with van der Waals surface area (Å²) in [6.07, 6.45) is 0. The third-order valence-corrected chi connectivity index (χ3v) is 8.11. The molecule has 0 aliphatic rings. The maximum Gasteiger partial charge on any atom is 0.145 e. The van der Waals surface area contributed by atoms with Crippen LogP contribution in [0.4, 0.5) is 0 Å². The van der Waals surface area contributed by atoms with Gasteiger partial charge in [0.15, 0.2) is 0 Å². The first kappa shape index (κ1) is 22.2. The predicted octanol–water partition coefficient (Wildman–Crippen LogP) is 9.69. The van der Waals surface area contributed by atoms with Gasteiger partial charge in [-0.2, -0.15) is 0 Å². The summed E-state index contributed by atoms with van der Waals surface area (Å²) in [7, 11) is 0. The molecule has 0 spiro atoms. The number of hydrogen-bond acceptors (Lipinski definition) is 2. The predicted molar refractivity (Wildman–Crippen MR) is 168 cm³/mol. The molecule has 192 valence electrons. The van der Waals surface area contributed by atoms with Gasteiger partial charge in [-0.05, 0) is 60.7 Å². The van der Waals surface area contributed by atoms with E-state index in [1.165, 1.54) is 10.8 Å². The van der Waals surface area contributed by atoms with Crippen molar-refractivity contribution >= 4 is 54.8 Å². The van der Waals surface area contributed by atoms with E-state index in [0.717, 1.165) is 66.8 Å². The summed E-state index contributed by atoms with van der Waals surface area (Å²) in [6, 6.07) is 48.8. The second kappa shape index (κ2) is 8.44. The summed E-state index contributed by atoms with van der Waals surface area (Å²) >= 11 is 0. The second-order valence-electron chi connectivity index (χ2n) is 10.4. The van der Waals surface area contributed by atoms with Gasteiger partial charge in [0.2, 0.25) is 0 Å². The van der Waals surface area contributed by atoms with Crippen LogP contribution in [0.1, 0.15) is 0 Å². The average molecular weight is 526 g/mol. The van der Waals surface area contributed by atoms with E-state index in [9.17, 15) is 0 Å². The molecule has 41 heavy (non-hydrogen) atoms. The standard InChI is InChI=1S/C37H23N3O/c1-2-12-25(13-3-1)40-32-19-8-6-17-30(32)38-37(40)24-11-10-14-26(23-24)39-31-18-7-4-15-27(31)28-21-22-34-35(36(28)39)29-16-5-9-20-33(29)41-34/h1-23H. The van der Waals surface area contributed by atoms with Crippen molar-refractivity contribution in [2.45, 2.75) is 0 Å². The molecule has 0 amide bonds. The Bertz CT molecular complexity index is 2420. The van der Waals surface area contributed by atoms with Crippen LogP contribution in [-0.4, -0.2) is 14.1 Å². The Balaban J connectivity index is 1.37. The van der Waals surface area contributed by atoms with Crippen molar-refractivity contribution in [3.05, 3.63) is 140 Å². The summed E-state index contributed by atoms with van der Waals surface area (Å²) in [5.41, 5.74) is 9.39. The Kier molecular flexibility index (Phi) is 4.58. The number of aromatic nitrogens is 3. The fourth-order valence-electron chi connectivity index (χ4n) is 6.38. The van der Waals surface area contributed by atoms with Crippen molar-refractivity contribution in [1.29, 1.82) is 0 Å². The number of para-hydroxylation sites is 5. The summed E-state index contributed by atoms with van der Waals surface area (Å²) in [5, 5.41) is 4.69. The molecule has 4 heteroatoms. The van der Waals surface area contributed by atoms with Crippen LogP contribution >= 0.6 is 0 Å². The van der Waals surface area contributed by atoms with E-state index in [2.05, 4.69) is 124 Å². The van der Waals surface area contributed by atoms with E-state index >= 15 is 0 Å².